The predicted octanol–water partition coefficient (Wildman–Crippen LogP) is 1.34. The monoisotopic (exact) mass is 272 g/mol. The molecular weight excluding hydrogens is 255 g/mol. The molecule has 0 saturated heterocycles. The van der Waals surface area contributed by atoms with Crippen molar-refractivity contribution >= 4 is 12.6 Å². The Morgan fingerprint density at radius 3 is 2.35 bits per heavy atom. The zero-order valence-electron chi connectivity index (χ0n) is 11.3. The topological polar surface area (TPSA) is 58.9 Å². The fraction of sp³-hybridized carbons (Fsp3) is 0.200. The summed E-state index contributed by atoms with van der Waals surface area (Å²) in [5, 5.41) is 18.4. The summed E-state index contributed by atoms with van der Waals surface area (Å²) in [7, 11) is -1.52. The summed E-state index contributed by atoms with van der Waals surface area (Å²) in [6, 6.07) is 14.6. The Labute approximate surface area is 118 Å². The van der Waals surface area contributed by atoms with Gasteiger partial charge < -0.3 is 19.5 Å². The molecule has 0 fully saturated rings. The quantitative estimate of drug-likeness (QED) is 0.779. The molecule has 2 aromatic carbocycles. The summed E-state index contributed by atoms with van der Waals surface area (Å²) in [5.41, 5.74) is 1.40. The molecule has 20 heavy (non-hydrogen) atoms. The van der Waals surface area contributed by atoms with Crippen LogP contribution in [0.15, 0.2) is 48.5 Å². The molecule has 5 heteroatoms. The molecule has 0 saturated carbocycles. The maximum atomic E-state index is 9.21. The summed E-state index contributed by atoms with van der Waals surface area (Å²) in [4.78, 5) is 0. The first kappa shape index (κ1) is 14.4. The maximum Gasteiger partial charge on any atom is 0.488 e. The van der Waals surface area contributed by atoms with Crippen molar-refractivity contribution in [3.63, 3.8) is 0 Å². The smallest absolute Gasteiger partial charge is 0.488 e. The lowest BCUT2D eigenvalue weighted by atomic mass is 9.80. The minimum atomic E-state index is -1.52. The SMILES string of the molecule is CCOc1ccc(B(O)O)cc1OCc1ccccc1. The van der Waals surface area contributed by atoms with Crippen LogP contribution in [0.4, 0.5) is 0 Å². The highest BCUT2D eigenvalue weighted by atomic mass is 16.5. The average molecular weight is 272 g/mol. The van der Waals surface area contributed by atoms with E-state index >= 15 is 0 Å². The van der Waals surface area contributed by atoms with E-state index in [0.29, 0.717) is 30.2 Å². The highest BCUT2D eigenvalue weighted by Gasteiger charge is 2.15. The zero-order chi connectivity index (χ0) is 14.4. The molecular formula is C15H17BO4. The van der Waals surface area contributed by atoms with Crippen molar-refractivity contribution in [1.82, 2.24) is 0 Å². The minimum absolute atomic E-state index is 0.372. The minimum Gasteiger partial charge on any atom is -0.490 e. The van der Waals surface area contributed by atoms with Gasteiger partial charge in [0.15, 0.2) is 11.5 Å². The standard InChI is InChI=1S/C15H17BO4/c1-2-19-14-9-8-13(16(17)18)10-15(14)20-11-12-6-4-3-5-7-12/h3-10,17-18H,2,11H2,1H3. The first-order valence-corrected chi connectivity index (χ1v) is 6.50. The molecule has 2 aromatic rings. The van der Waals surface area contributed by atoms with Crippen LogP contribution >= 0.6 is 0 Å². The molecule has 0 aliphatic rings. The van der Waals surface area contributed by atoms with Gasteiger partial charge in [0, 0.05) is 0 Å². The third-order valence-corrected chi connectivity index (χ3v) is 2.80. The van der Waals surface area contributed by atoms with Gasteiger partial charge in [-0.05, 0) is 30.1 Å². The van der Waals surface area contributed by atoms with Crippen molar-refractivity contribution in [1.29, 1.82) is 0 Å². The lowest BCUT2D eigenvalue weighted by molar-refractivity contribution is 0.269. The first-order valence-electron chi connectivity index (χ1n) is 6.50. The van der Waals surface area contributed by atoms with Crippen LogP contribution < -0.4 is 14.9 Å². The van der Waals surface area contributed by atoms with Crippen molar-refractivity contribution < 1.29 is 19.5 Å². The Morgan fingerprint density at radius 1 is 0.950 bits per heavy atom. The van der Waals surface area contributed by atoms with Gasteiger partial charge in [0.2, 0.25) is 0 Å². The molecule has 0 spiro atoms. The van der Waals surface area contributed by atoms with E-state index in [4.69, 9.17) is 9.47 Å². The molecule has 104 valence electrons. The van der Waals surface area contributed by atoms with E-state index in [1.807, 2.05) is 37.3 Å². The third-order valence-electron chi connectivity index (χ3n) is 2.80. The fourth-order valence-corrected chi connectivity index (χ4v) is 1.81. The van der Waals surface area contributed by atoms with Crippen molar-refractivity contribution in [3.8, 4) is 11.5 Å². The van der Waals surface area contributed by atoms with E-state index in [1.165, 1.54) is 0 Å². The normalized spacial score (nSPS) is 10.2. The maximum absolute atomic E-state index is 9.21. The molecule has 0 aromatic heterocycles. The summed E-state index contributed by atoms with van der Waals surface area (Å²) in [5.74, 6) is 1.09. The lowest BCUT2D eigenvalue weighted by Gasteiger charge is -2.13. The zero-order valence-corrected chi connectivity index (χ0v) is 11.3. The second-order valence-electron chi connectivity index (χ2n) is 4.29. The first-order chi connectivity index (χ1) is 9.70. The summed E-state index contributed by atoms with van der Waals surface area (Å²) in [6.07, 6.45) is 0. The van der Waals surface area contributed by atoms with Crippen LogP contribution in [0.25, 0.3) is 0 Å². The van der Waals surface area contributed by atoms with Crippen molar-refractivity contribution in [3.05, 3.63) is 54.1 Å². The molecule has 0 heterocycles. The Kier molecular flexibility index (Phi) is 5.04. The van der Waals surface area contributed by atoms with E-state index in [9.17, 15) is 10.0 Å². The van der Waals surface area contributed by atoms with Crippen LogP contribution in [0.5, 0.6) is 11.5 Å². The average Bonchev–Trinajstić information content (AvgIpc) is 2.47. The van der Waals surface area contributed by atoms with Crippen LogP contribution in [0, 0.1) is 0 Å². The van der Waals surface area contributed by atoms with Crippen molar-refractivity contribution in [2.24, 2.45) is 0 Å². The second-order valence-corrected chi connectivity index (χ2v) is 4.29. The largest absolute Gasteiger partial charge is 0.490 e. The molecule has 0 amide bonds. The molecule has 0 aliphatic carbocycles. The van der Waals surface area contributed by atoms with Gasteiger partial charge in [-0.1, -0.05) is 36.4 Å². The highest BCUT2D eigenvalue weighted by molar-refractivity contribution is 6.58. The van der Waals surface area contributed by atoms with E-state index in [2.05, 4.69) is 0 Å². The number of benzene rings is 2. The Bertz CT molecular complexity index is 543. The van der Waals surface area contributed by atoms with E-state index < -0.39 is 7.12 Å². The van der Waals surface area contributed by atoms with Crippen LogP contribution in [0.1, 0.15) is 12.5 Å². The Balaban J connectivity index is 2.16. The second kappa shape index (κ2) is 6.98. The molecule has 0 radical (unpaired) electrons. The summed E-state index contributed by atoms with van der Waals surface area (Å²) >= 11 is 0. The van der Waals surface area contributed by atoms with Gasteiger partial charge in [-0.25, -0.2) is 0 Å². The van der Waals surface area contributed by atoms with Gasteiger partial charge in [0.1, 0.15) is 6.61 Å². The van der Waals surface area contributed by atoms with Crippen LogP contribution in [-0.2, 0) is 6.61 Å². The molecule has 0 unspecified atom stereocenters. The van der Waals surface area contributed by atoms with E-state index in [-0.39, 0.29) is 0 Å². The fourth-order valence-electron chi connectivity index (χ4n) is 1.81. The molecule has 0 atom stereocenters. The van der Waals surface area contributed by atoms with E-state index in [0.717, 1.165) is 5.56 Å². The predicted molar refractivity (Wildman–Crippen MR) is 78.2 cm³/mol. The molecule has 4 nitrogen and oxygen atoms in total. The van der Waals surface area contributed by atoms with Gasteiger partial charge in [0.25, 0.3) is 0 Å². The number of rotatable bonds is 6. The van der Waals surface area contributed by atoms with Crippen molar-refractivity contribution in [2.75, 3.05) is 6.61 Å². The van der Waals surface area contributed by atoms with E-state index in [1.54, 1.807) is 18.2 Å². The Hall–Kier alpha value is -1.98. The number of ether oxygens (including phenoxy) is 2. The van der Waals surface area contributed by atoms with Crippen LogP contribution in [-0.4, -0.2) is 23.8 Å². The molecule has 0 aliphatic heterocycles. The van der Waals surface area contributed by atoms with Gasteiger partial charge in [-0.2, -0.15) is 0 Å². The lowest BCUT2D eigenvalue weighted by Crippen LogP contribution is -2.29. The number of hydrogen-bond donors (Lipinski definition) is 2. The van der Waals surface area contributed by atoms with Crippen LogP contribution in [0.3, 0.4) is 0 Å². The summed E-state index contributed by atoms with van der Waals surface area (Å²) in [6.45, 7) is 2.80. The summed E-state index contributed by atoms with van der Waals surface area (Å²) < 4.78 is 11.2. The van der Waals surface area contributed by atoms with Crippen molar-refractivity contribution in [2.45, 2.75) is 13.5 Å². The molecule has 0 bridgehead atoms. The molecule has 2 rings (SSSR count). The van der Waals surface area contributed by atoms with Gasteiger partial charge in [0.05, 0.1) is 6.61 Å². The highest BCUT2D eigenvalue weighted by Crippen LogP contribution is 2.26. The van der Waals surface area contributed by atoms with Crippen LogP contribution in [0.2, 0.25) is 0 Å². The van der Waals surface area contributed by atoms with Gasteiger partial charge >= 0.3 is 7.12 Å². The third kappa shape index (κ3) is 3.76. The molecule has 2 N–H and O–H groups in total. The Morgan fingerprint density at radius 2 is 1.70 bits per heavy atom. The van der Waals surface area contributed by atoms with Gasteiger partial charge in [-0.3, -0.25) is 0 Å². The number of hydrogen-bond acceptors (Lipinski definition) is 4. The van der Waals surface area contributed by atoms with Gasteiger partial charge in [-0.15, -0.1) is 0 Å².